The van der Waals surface area contributed by atoms with Gasteiger partial charge in [0.05, 0.1) is 16.1 Å². The highest BCUT2D eigenvalue weighted by Crippen LogP contribution is 2.29. The van der Waals surface area contributed by atoms with Gasteiger partial charge >= 0.3 is 0 Å². The molecule has 1 nitrogen and oxygen atoms in total. The van der Waals surface area contributed by atoms with Gasteiger partial charge in [0.2, 0.25) is 0 Å². The first-order valence-corrected chi connectivity index (χ1v) is 20.2. The summed E-state index contributed by atoms with van der Waals surface area (Å²) in [6.45, 7) is 14.9. The molecule has 3 heteroatoms. The molecule has 0 N–H and O–H groups in total. The van der Waals surface area contributed by atoms with E-state index in [2.05, 4.69) is 71.3 Å². The molecule has 0 radical (unpaired) electrons. The molecule has 0 amide bonds. The quantitative estimate of drug-likeness (QED) is 0.0765. The van der Waals surface area contributed by atoms with Crippen molar-refractivity contribution in [3.8, 4) is 0 Å². The minimum atomic E-state index is -1.25. The van der Waals surface area contributed by atoms with E-state index in [1.54, 1.807) is 0 Å². The van der Waals surface area contributed by atoms with Gasteiger partial charge in [0.25, 0.3) is 0 Å². The van der Waals surface area contributed by atoms with Crippen LogP contribution in [0.2, 0.25) is 36.3 Å². The summed E-state index contributed by atoms with van der Waals surface area (Å²) >= 11 is 0. The summed E-state index contributed by atoms with van der Waals surface area (Å²) in [6, 6.07) is 8.64. The van der Waals surface area contributed by atoms with Crippen molar-refractivity contribution in [2.45, 2.75) is 155 Å². The van der Waals surface area contributed by atoms with Gasteiger partial charge in [-0.25, -0.2) is 0 Å². The van der Waals surface area contributed by atoms with Gasteiger partial charge in [-0.1, -0.05) is 152 Å². The molecule has 0 rings (SSSR count). The van der Waals surface area contributed by atoms with E-state index in [1.807, 2.05) is 0 Å². The van der Waals surface area contributed by atoms with E-state index in [4.69, 9.17) is 4.99 Å². The normalized spacial score (nSPS) is 13.3. The molecule has 0 aliphatic heterocycles. The van der Waals surface area contributed by atoms with Crippen LogP contribution in [-0.2, 0) is 0 Å². The standard InChI is InChI=1S/C30H61NSi2/c1-7-23-32(24-8-2,25-9-3)29-20-18-16-14-13-15-17-19-21-31-22-30-33(26-10-4,27-11-5)28-12-6/h7,10,22-23,26H,8-9,11-21,24-25,27-30H2,1-6H3/b23-7+,26-10+,31-22?. The van der Waals surface area contributed by atoms with Crippen molar-refractivity contribution in [3.63, 3.8) is 0 Å². The molecule has 0 aromatic heterocycles. The van der Waals surface area contributed by atoms with Gasteiger partial charge in [0.15, 0.2) is 0 Å². The van der Waals surface area contributed by atoms with Crippen molar-refractivity contribution in [1.82, 2.24) is 0 Å². The van der Waals surface area contributed by atoms with E-state index < -0.39 is 16.1 Å². The van der Waals surface area contributed by atoms with Crippen LogP contribution in [0.15, 0.2) is 28.5 Å². The smallest absolute Gasteiger partial charge is 0.0825 e. The van der Waals surface area contributed by atoms with E-state index in [9.17, 15) is 0 Å². The second kappa shape index (κ2) is 22.1. The lowest BCUT2D eigenvalue weighted by molar-refractivity contribution is 0.577. The first-order chi connectivity index (χ1) is 16.1. The summed E-state index contributed by atoms with van der Waals surface area (Å²) in [5, 5.41) is 0. The molecule has 0 aromatic carbocycles. The average molecular weight is 492 g/mol. The third-order valence-electron chi connectivity index (χ3n) is 7.37. The monoisotopic (exact) mass is 491 g/mol. The summed E-state index contributed by atoms with van der Waals surface area (Å²) in [6.07, 6.45) is 23.6. The highest BCUT2D eigenvalue weighted by molar-refractivity contribution is 6.86. The Kier molecular flexibility index (Phi) is 21.8. The number of hydrogen-bond donors (Lipinski definition) is 0. The number of unbranched alkanes of at least 4 members (excludes halogenated alkanes) is 7. The minimum Gasteiger partial charge on any atom is -0.298 e. The molecule has 0 aliphatic rings. The second-order valence-electron chi connectivity index (χ2n) is 10.6. The number of allylic oxidation sites excluding steroid dienone is 2. The van der Waals surface area contributed by atoms with Crippen molar-refractivity contribution in [2.24, 2.45) is 4.99 Å². The van der Waals surface area contributed by atoms with E-state index in [1.165, 1.54) is 113 Å². The lowest BCUT2D eigenvalue weighted by Crippen LogP contribution is -2.31. The summed E-state index contributed by atoms with van der Waals surface area (Å²) in [5.41, 5.74) is 5.25. The maximum Gasteiger partial charge on any atom is 0.0825 e. The largest absolute Gasteiger partial charge is 0.298 e. The van der Waals surface area contributed by atoms with E-state index in [0.29, 0.717) is 0 Å². The average Bonchev–Trinajstić information content (AvgIpc) is 2.78. The molecule has 33 heavy (non-hydrogen) atoms. The van der Waals surface area contributed by atoms with E-state index in [-0.39, 0.29) is 0 Å². The fourth-order valence-electron chi connectivity index (χ4n) is 5.97. The van der Waals surface area contributed by atoms with Gasteiger partial charge in [-0.15, -0.1) is 0 Å². The Balaban J connectivity index is 3.95. The highest BCUT2D eigenvalue weighted by atomic mass is 28.3. The first kappa shape index (κ1) is 32.6. The maximum absolute atomic E-state index is 4.80. The zero-order valence-electron chi connectivity index (χ0n) is 23.8. The Labute approximate surface area is 212 Å². The van der Waals surface area contributed by atoms with Gasteiger partial charge in [-0.2, -0.15) is 0 Å². The van der Waals surface area contributed by atoms with Crippen LogP contribution in [0, 0.1) is 0 Å². The fourth-order valence-corrected chi connectivity index (χ4v) is 15.2. The number of hydrogen-bond acceptors (Lipinski definition) is 1. The number of rotatable bonds is 23. The van der Waals surface area contributed by atoms with Crippen LogP contribution in [0.1, 0.15) is 119 Å². The third-order valence-corrected chi connectivity index (χ3v) is 17.8. The van der Waals surface area contributed by atoms with Crippen LogP contribution in [0.5, 0.6) is 0 Å². The molecule has 0 saturated carbocycles. The van der Waals surface area contributed by atoms with Gasteiger partial charge in [-0.05, 0) is 32.5 Å². The second-order valence-corrected chi connectivity index (χ2v) is 19.6. The van der Waals surface area contributed by atoms with Crippen molar-refractivity contribution >= 4 is 22.4 Å². The predicted molar refractivity (Wildman–Crippen MR) is 161 cm³/mol. The molecule has 0 bridgehead atoms. The highest BCUT2D eigenvalue weighted by Gasteiger charge is 2.27. The van der Waals surface area contributed by atoms with Gasteiger partial charge in [-0.3, -0.25) is 4.99 Å². The van der Waals surface area contributed by atoms with Crippen LogP contribution in [0.25, 0.3) is 0 Å². The molecule has 0 spiro atoms. The minimum absolute atomic E-state index is 1.05. The zero-order valence-corrected chi connectivity index (χ0v) is 25.8. The van der Waals surface area contributed by atoms with Crippen LogP contribution in [-0.4, -0.2) is 28.9 Å². The van der Waals surface area contributed by atoms with Gasteiger partial charge in [0.1, 0.15) is 0 Å². The number of nitrogens with zero attached hydrogens (tertiary/aromatic N) is 1. The van der Waals surface area contributed by atoms with Crippen molar-refractivity contribution in [1.29, 1.82) is 0 Å². The molecule has 194 valence electrons. The molecule has 0 unspecified atom stereocenters. The molecule has 0 aliphatic carbocycles. The molecule has 0 atom stereocenters. The summed E-state index contributed by atoms with van der Waals surface area (Å²) in [7, 11) is -2.36. The maximum atomic E-state index is 4.80. The Morgan fingerprint density at radius 2 is 0.939 bits per heavy atom. The van der Waals surface area contributed by atoms with E-state index >= 15 is 0 Å². The summed E-state index contributed by atoms with van der Waals surface area (Å²) in [5.74, 6) is 0. The van der Waals surface area contributed by atoms with Crippen LogP contribution < -0.4 is 0 Å². The van der Waals surface area contributed by atoms with Gasteiger partial charge < -0.3 is 0 Å². The SMILES string of the molecule is C/C=C/[Si](CC=NCCCCCCCCCC[Si](/C=C/C)(CCC)CCC)(CCC)CCC. The molecular formula is C30H61NSi2. The summed E-state index contributed by atoms with van der Waals surface area (Å²) in [4.78, 5) is 4.80. The lowest BCUT2D eigenvalue weighted by atomic mass is 10.1. The van der Waals surface area contributed by atoms with Crippen molar-refractivity contribution in [3.05, 3.63) is 23.6 Å². The Morgan fingerprint density at radius 3 is 1.42 bits per heavy atom. The Morgan fingerprint density at radius 1 is 0.515 bits per heavy atom. The molecule has 0 heterocycles. The molecule has 0 fully saturated rings. The van der Waals surface area contributed by atoms with Crippen LogP contribution in [0.4, 0.5) is 0 Å². The van der Waals surface area contributed by atoms with Crippen molar-refractivity contribution < 1.29 is 0 Å². The van der Waals surface area contributed by atoms with Crippen LogP contribution in [0.3, 0.4) is 0 Å². The van der Waals surface area contributed by atoms with Crippen LogP contribution >= 0.6 is 0 Å². The van der Waals surface area contributed by atoms with Gasteiger partial charge in [0, 0.05) is 6.54 Å². The predicted octanol–water partition coefficient (Wildman–Crippen LogP) is 10.9. The van der Waals surface area contributed by atoms with E-state index in [0.717, 1.165) is 6.54 Å². The number of aliphatic imine (C=N–C) groups is 1. The Hall–Kier alpha value is -0.416. The Bertz CT molecular complexity index is 497. The van der Waals surface area contributed by atoms with Crippen molar-refractivity contribution in [2.75, 3.05) is 6.54 Å². The summed E-state index contributed by atoms with van der Waals surface area (Å²) < 4.78 is 0. The molecule has 0 aromatic rings. The molecular weight excluding hydrogens is 431 g/mol. The molecule has 0 saturated heterocycles. The zero-order chi connectivity index (χ0) is 24.7. The third kappa shape index (κ3) is 16.0. The fraction of sp³-hybridized carbons (Fsp3) is 0.833. The lowest BCUT2D eigenvalue weighted by Gasteiger charge is -2.28. The first-order valence-electron chi connectivity index (χ1n) is 14.8. The topological polar surface area (TPSA) is 12.4 Å².